The number of nitrogens with two attached hydrogens (primary N) is 1. The lowest BCUT2D eigenvalue weighted by molar-refractivity contribution is 0.116. The average Bonchev–Trinajstić information content (AvgIpc) is 2.11. The van der Waals surface area contributed by atoms with Crippen LogP contribution in [0.15, 0.2) is 18.2 Å². The lowest BCUT2D eigenvalue weighted by Crippen LogP contribution is -2.19. The first kappa shape index (κ1) is 10.9. The fourth-order valence-electron chi connectivity index (χ4n) is 1.34. The largest absolute Gasteiger partial charge is 0.508 e. The zero-order valence-corrected chi connectivity index (χ0v) is 7.87. The van der Waals surface area contributed by atoms with E-state index >= 15 is 0 Å². The third-order valence-electron chi connectivity index (χ3n) is 2.14. The van der Waals surface area contributed by atoms with Crippen LogP contribution >= 0.6 is 0 Å². The maximum atomic E-state index is 12.5. The summed E-state index contributed by atoms with van der Waals surface area (Å²) in [5.74, 6) is -1.21. The molecule has 0 aliphatic heterocycles. The van der Waals surface area contributed by atoms with Gasteiger partial charge in [-0.2, -0.15) is 0 Å². The van der Waals surface area contributed by atoms with Crippen molar-refractivity contribution in [1.29, 1.82) is 0 Å². The molecule has 0 saturated heterocycles. The van der Waals surface area contributed by atoms with E-state index in [0.29, 0.717) is 0 Å². The molecule has 0 fully saturated rings. The number of hydrogen-bond acceptors (Lipinski definition) is 2. The molecule has 1 atom stereocenters. The summed E-state index contributed by atoms with van der Waals surface area (Å²) in [6, 6.07) is 4.62. The first-order valence-electron chi connectivity index (χ1n) is 4.34. The van der Waals surface area contributed by atoms with E-state index < -0.39 is 12.3 Å². The van der Waals surface area contributed by atoms with E-state index in [2.05, 4.69) is 0 Å². The molecule has 0 spiro atoms. The van der Waals surface area contributed by atoms with Gasteiger partial charge in [-0.15, -0.1) is 0 Å². The highest BCUT2D eigenvalue weighted by molar-refractivity contribution is 5.38. The number of hydrogen-bond donors (Lipinski definition) is 2. The Labute approximate surface area is 81.4 Å². The van der Waals surface area contributed by atoms with Gasteiger partial charge in [-0.1, -0.05) is 17.7 Å². The second kappa shape index (κ2) is 4.37. The second-order valence-corrected chi connectivity index (χ2v) is 3.24. The number of rotatable bonds is 3. The van der Waals surface area contributed by atoms with Gasteiger partial charge < -0.3 is 10.8 Å². The van der Waals surface area contributed by atoms with Crippen LogP contribution in [0.4, 0.5) is 8.78 Å². The molecule has 4 heteroatoms. The molecule has 2 nitrogen and oxygen atoms in total. The highest BCUT2D eigenvalue weighted by Gasteiger charge is 2.23. The Hall–Kier alpha value is -1.16. The van der Waals surface area contributed by atoms with Crippen LogP contribution in [0.3, 0.4) is 0 Å². The Bertz CT molecular complexity index is 315. The molecule has 3 N–H and O–H groups in total. The number of benzene rings is 1. The standard InChI is InChI=1S/C10H13F2NO/c1-6-2-3-9(14)7(4-6)8(5-13)10(11)12/h2-4,8,10,14H,5,13H2,1H3. The van der Waals surface area contributed by atoms with Crippen LogP contribution < -0.4 is 5.73 Å². The van der Waals surface area contributed by atoms with Crippen LogP contribution in [-0.2, 0) is 0 Å². The number of phenols is 1. The molecule has 0 aromatic heterocycles. The lowest BCUT2D eigenvalue weighted by atomic mass is 9.97. The molecule has 1 rings (SSSR count). The zero-order valence-electron chi connectivity index (χ0n) is 7.87. The van der Waals surface area contributed by atoms with E-state index in [1.807, 2.05) is 0 Å². The Morgan fingerprint density at radius 3 is 2.57 bits per heavy atom. The van der Waals surface area contributed by atoms with Crippen molar-refractivity contribution < 1.29 is 13.9 Å². The van der Waals surface area contributed by atoms with Gasteiger partial charge in [0.15, 0.2) is 0 Å². The summed E-state index contributed by atoms with van der Waals surface area (Å²) >= 11 is 0. The van der Waals surface area contributed by atoms with E-state index in [9.17, 15) is 13.9 Å². The van der Waals surface area contributed by atoms with Gasteiger partial charge in [0.2, 0.25) is 6.43 Å². The maximum Gasteiger partial charge on any atom is 0.246 e. The predicted molar refractivity (Wildman–Crippen MR) is 50.6 cm³/mol. The molecule has 78 valence electrons. The topological polar surface area (TPSA) is 46.2 Å². The molecule has 0 heterocycles. The molecular formula is C10H13F2NO. The molecule has 1 aromatic rings. The van der Waals surface area contributed by atoms with Crippen LogP contribution in [0, 0.1) is 6.92 Å². The first-order chi connectivity index (χ1) is 6.56. The number of aromatic hydroxyl groups is 1. The molecular weight excluding hydrogens is 188 g/mol. The van der Waals surface area contributed by atoms with Crippen LogP contribution in [0.25, 0.3) is 0 Å². The van der Waals surface area contributed by atoms with Crippen molar-refractivity contribution in [3.05, 3.63) is 29.3 Å². The summed E-state index contributed by atoms with van der Waals surface area (Å²) in [7, 11) is 0. The van der Waals surface area contributed by atoms with E-state index in [1.54, 1.807) is 19.1 Å². The minimum absolute atomic E-state index is 0.119. The van der Waals surface area contributed by atoms with Crippen molar-refractivity contribution in [3.63, 3.8) is 0 Å². The van der Waals surface area contributed by atoms with E-state index in [4.69, 9.17) is 5.73 Å². The number of aryl methyl sites for hydroxylation is 1. The highest BCUT2D eigenvalue weighted by Crippen LogP contribution is 2.30. The van der Waals surface area contributed by atoms with Crippen LogP contribution in [0.2, 0.25) is 0 Å². The van der Waals surface area contributed by atoms with Gasteiger partial charge in [0.25, 0.3) is 0 Å². The molecule has 0 saturated carbocycles. The molecule has 1 unspecified atom stereocenters. The molecule has 14 heavy (non-hydrogen) atoms. The van der Waals surface area contributed by atoms with Gasteiger partial charge in [-0.05, 0) is 13.0 Å². The summed E-state index contributed by atoms with van der Waals surface area (Å²) in [5, 5.41) is 9.40. The summed E-state index contributed by atoms with van der Waals surface area (Å²) in [6.45, 7) is 1.61. The van der Waals surface area contributed by atoms with Crippen molar-refractivity contribution >= 4 is 0 Å². The molecule has 0 amide bonds. The van der Waals surface area contributed by atoms with Crippen LogP contribution in [-0.4, -0.2) is 18.1 Å². The van der Waals surface area contributed by atoms with E-state index in [1.165, 1.54) is 6.07 Å². The lowest BCUT2D eigenvalue weighted by Gasteiger charge is -2.15. The second-order valence-electron chi connectivity index (χ2n) is 3.24. The van der Waals surface area contributed by atoms with Gasteiger partial charge in [-0.3, -0.25) is 0 Å². The van der Waals surface area contributed by atoms with Crippen molar-refractivity contribution in [3.8, 4) is 5.75 Å². The molecule has 1 aromatic carbocycles. The number of phenolic OH excluding ortho intramolecular Hbond substituents is 1. The summed E-state index contributed by atoms with van der Waals surface area (Å²) in [5.41, 5.74) is 6.29. The van der Waals surface area contributed by atoms with Gasteiger partial charge in [0.05, 0.1) is 5.92 Å². The van der Waals surface area contributed by atoms with Gasteiger partial charge in [0.1, 0.15) is 5.75 Å². The fraction of sp³-hybridized carbons (Fsp3) is 0.400. The molecule has 0 aliphatic carbocycles. The smallest absolute Gasteiger partial charge is 0.246 e. The van der Waals surface area contributed by atoms with Crippen LogP contribution in [0.1, 0.15) is 17.0 Å². The normalized spacial score (nSPS) is 13.2. The first-order valence-corrected chi connectivity index (χ1v) is 4.34. The van der Waals surface area contributed by atoms with Crippen LogP contribution in [0.5, 0.6) is 5.75 Å². The minimum Gasteiger partial charge on any atom is -0.508 e. The van der Waals surface area contributed by atoms with Crippen molar-refractivity contribution in [2.75, 3.05) is 6.54 Å². The van der Waals surface area contributed by atoms with E-state index in [-0.39, 0.29) is 17.9 Å². The van der Waals surface area contributed by atoms with Gasteiger partial charge in [-0.25, -0.2) is 8.78 Å². The van der Waals surface area contributed by atoms with Gasteiger partial charge in [0, 0.05) is 12.1 Å². The zero-order chi connectivity index (χ0) is 10.7. The highest BCUT2D eigenvalue weighted by atomic mass is 19.3. The Morgan fingerprint density at radius 1 is 1.43 bits per heavy atom. The SMILES string of the molecule is Cc1ccc(O)c(C(CN)C(F)F)c1. The Kier molecular flexibility index (Phi) is 3.41. The summed E-state index contributed by atoms with van der Waals surface area (Å²) < 4.78 is 25.0. The minimum atomic E-state index is -2.55. The monoisotopic (exact) mass is 201 g/mol. The summed E-state index contributed by atoms with van der Waals surface area (Å²) in [6.07, 6.45) is -2.55. The van der Waals surface area contributed by atoms with Crippen molar-refractivity contribution in [2.24, 2.45) is 5.73 Å². The molecule has 0 aliphatic rings. The van der Waals surface area contributed by atoms with Crippen molar-refractivity contribution in [2.45, 2.75) is 19.3 Å². The third kappa shape index (κ3) is 2.20. The maximum absolute atomic E-state index is 12.5. The molecule has 0 radical (unpaired) electrons. The summed E-state index contributed by atoms with van der Waals surface area (Å²) in [4.78, 5) is 0. The Morgan fingerprint density at radius 2 is 2.07 bits per heavy atom. The van der Waals surface area contributed by atoms with Gasteiger partial charge >= 0.3 is 0 Å². The Balaban J connectivity index is 3.08. The third-order valence-corrected chi connectivity index (χ3v) is 2.14. The number of alkyl halides is 2. The predicted octanol–water partition coefficient (Wildman–Crippen LogP) is 2.01. The number of halogens is 2. The average molecular weight is 201 g/mol. The van der Waals surface area contributed by atoms with Crippen molar-refractivity contribution in [1.82, 2.24) is 0 Å². The quantitative estimate of drug-likeness (QED) is 0.785. The fourth-order valence-corrected chi connectivity index (χ4v) is 1.34. The van der Waals surface area contributed by atoms with E-state index in [0.717, 1.165) is 5.56 Å². The molecule has 0 bridgehead atoms.